The van der Waals surface area contributed by atoms with Gasteiger partial charge in [0.05, 0.1) is 14.4 Å². The third-order valence-corrected chi connectivity index (χ3v) is 2.47. The van der Waals surface area contributed by atoms with Gasteiger partial charge in [0, 0.05) is 17.1 Å². The van der Waals surface area contributed by atoms with E-state index in [0.717, 1.165) is 10.9 Å². The second-order valence-corrected chi connectivity index (χ2v) is 4.64. The summed E-state index contributed by atoms with van der Waals surface area (Å²) in [5.41, 5.74) is 0.974. The van der Waals surface area contributed by atoms with Gasteiger partial charge in [-0.15, -0.1) is 0 Å². The van der Waals surface area contributed by atoms with E-state index in [1.54, 1.807) is 19.2 Å². The summed E-state index contributed by atoms with van der Waals surface area (Å²) in [5, 5.41) is 0.917. The van der Waals surface area contributed by atoms with E-state index in [1.165, 1.54) is 12.1 Å². The van der Waals surface area contributed by atoms with Crippen LogP contribution in [-0.4, -0.2) is 11.6 Å². The van der Waals surface area contributed by atoms with Gasteiger partial charge in [-0.25, -0.2) is 4.39 Å². The number of hydrogen-bond donors (Lipinski definition) is 1. The average Bonchev–Trinajstić information content (AvgIpc) is 2.73. The quantitative estimate of drug-likeness (QED) is 0.859. The number of aromatic nitrogens is 1. The lowest BCUT2D eigenvalue weighted by Gasteiger charge is -2.28. The Morgan fingerprint density at radius 3 is 2.67 bits per heavy atom. The predicted octanol–water partition coefficient (Wildman–Crippen LogP) is 1.55. The van der Waals surface area contributed by atoms with Crippen molar-refractivity contribution in [3.05, 3.63) is 36.3 Å². The van der Waals surface area contributed by atoms with Crippen LogP contribution in [0.1, 0.15) is 13.3 Å². The molecule has 1 aromatic carbocycles. The van der Waals surface area contributed by atoms with Crippen LogP contribution in [0.4, 0.5) is 4.39 Å². The van der Waals surface area contributed by atoms with Crippen molar-refractivity contribution >= 4 is 18.7 Å². The van der Waals surface area contributed by atoms with Crippen LogP contribution in [0.2, 0.25) is 0 Å². The maximum atomic E-state index is 12.5. The van der Waals surface area contributed by atoms with Crippen LogP contribution in [-0.2, 0) is 9.09 Å². The summed E-state index contributed by atoms with van der Waals surface area (Å²) in [6.45, 7) is 1.71. The largest absolute Gasteiger partial charge is 0.790 e. The normalized spacial score (nSPS) is 11.1. The molecule has 0 spiro atoms. The fourth-order valence-corrected chi connectivity index (χ4v) is 1.63. The molecule has 0 unspecified atom stereocenters. The second kappa shape index (κ2) is 6.66. The molecular weight excluding hydrogens is 260 g/mol. The van der Waals surface area contributed by atoms with E-state index in [4.69, 9.17) is 0 Å². The average molecular weight is 273 g/mol. The van der Waals surface area contributed by atoms with Gasteiger partial charge in [-0.1, -0.05) is 6.92 Å². The van der Waals surface area contributed by atoms with Gasteiger partial charge in [0.25, 0.3) is 0 Å². The number of hydrogen-bond acceptors (Lipinski definition) is 4. The van der Waals surface area contributed by atoms with Crippen molar-refractivity contribution in [2.75, 3.05) is 6.61 Å². The predicted molar refractivity (Wildman–Crippen MR) is 62.1 cm³/mol. The van der Waals surface area contributed by atoms with Crippen molar-refractivity contribution in [2.24, 2.45) is 0 Å². The molecule has 0 atom stereocenters. The van der Waals surface area contributed by atoms with Crippen molar-refractivity contribution < 1.29 is 23.3 Å². The molecule has 1 aromatic heterocycles. The third-order valence-electron chi connectivity index (χ3n) is 1.97. The Morgan fingerprint density at radius 2 is 2.11 bits per heavy atom. The molecule has 0 bridgehead atoms. The van der Waals surface area contributed by atoms with Crippen LogP contribution in [0.5, 0.6) is 0 Å². The smallest absolute Gasteiger partial charge is 0.123 e. The summed E-state index contributed by atoms with van der Waals surface area (Å²) in [5.74, 6) is -0.188. The molecule has 0 fully saturated rings. The minimum atomic E-state index is -4.68. The fraction of sp³-hybridized carbons (Fsp3) is 0.273. The Bertz CT molecular complexity index is 537. The van der Waals surface area contributed by atoms with Gasteiger partial charge < -0.3 is 23.9 Å². The van der Waals surface area contributed by atoms with Gasteiger partial charge in [-0.05, 0) is 30.7 Å². The summed E-state index contributed by atoms with van der Waals surface area (Å²) >= 11 is 0. The lowest BCUT2D eigenvalue weighted by atomic mass is 10.2. The zero-order valence-corrected chi connectivity index (χ0v) is 10.7. The number of halogens is 1. The zero-order chi connectivity index (χ0) is 13.6. The Hall–Kier alpha value is -1.20. The Labute approximate surface area is 104 Å². The SMILES string of the molecule is CCCOP(=O)([O-])[O-].Fc1ccc2[nH]ccc2c1. The lowest BCUT2D eigenvalue weighted by Crippen LogP contribution is -2.16. The van der Waals surface area contributed by atoms with Gasteiger partial charge in [0.1, 0.15) is 5.82 Å². The van der Waals surface area contributed by atoms with Crippen molar-refractivity contribution in [1.82, 2.24) is 4.98 Å². The van der Waals surface area contributed by atoms with Crippen molar-refractivity contribution in [2.45, 2.75) is 13.3 Å². The lowest BCUT2D eigenvalue weighted by molar-refractivity contribution is -0.341. The molecule has 2 rings (SSSR count). The summed E-state index contributed by atoms with van der Waals surface area (Å²) in [6, 6.07) is 6.52. The van der Waals surface area contributed by atoms with E-state index in [2.05, 4.69) is 9.51 Å². The highest BCUT2D eigenvalue weighted by Gasteiger charge is 1.93. The zero-order valence-electron chi connectivity index (χ0n) is 9.76. The van der Waals surface area contributed by atoms with E-state index in [0.29, 0.717) is 6.42 Å². The molecule has 100 valence electrons. The number of benzene rings is 1. The number of rotatable bonds is 3. The van der Waals surface area contributed by atoms with E-state index in [1.807, 2.05) is 6.07 Å². The molecule has 0 aliphatic rings. The first kappa shape index (κ1) is 14.9. The minimum absolute atomic E-state index is 0.00965. The van der Waals surface area contributed by atoms with Gasteiger partial charge >= 0.3 is 0 Å². The summed E-state index contributed by atoms with van der Waals surface area (Å²) in [6.07, 6.45) is 2.33. The summed E-state index contributed by atoms with van der Waals surface area (Å²) in [7, 11) is -4.68. The number of H-pyrrole nitrogens is 1. The molecule has 0 aliphatic carbocycles. The highest BCUT2D eigenvalue weighted by molar-refractivity contribution is 7.43. The minimum Gasteiger partial charge on any atom is -0.790 e. The summed E-state index contributed by atoms with van der Waals surface area (Å²) in [4.78, 5) is 22.3. The first-order valence-corrected chi connectivity index (χ1v) is 6.77. The topological polar surface area (TPSA) is 88.2 Å². The highest BCUT2D eigenvalue weighted by atomic mass is 31.2. The molecule has 0 aliphatic heterocycles. The number of fused-ring (bicyclic) bond motifs is 1. The van der Waals surface area contributed by atoms with E-state index >= 15 is 0 Å². The van der Waals surface area contributed by atoms with E-state index in [9.17, 15) is 18.7 Å². The Morgan fingerprint density at radius 1 is 1.39 bits per heavy atom. The molecule has 2 aromatic rings. The third kappa shape index (κ3) is 5.42. The van der Waals surface area contributed by atoms with Crippen molar-refractivity contribution in [3.63, 3.8) is 0 Å². The number of phosphoric ester groups is 1. The van der Waals surface area contributed by atoms with Crippen LogP contribution in [0, 0.1) is 5.82 Å². The maximum Gasteiger partial charge on any atom is 0.123 e. The molecule has 0 amide bonds. The highest BCUT2D eigenvalue weighted by Crippen LogP contribution is 2.23. The first-order valence-electron chi connectivity index (χ1n) is 5.31. The van der Waals surface area contributed by atoms with E-state index in [-0.39, 0.29) is 12.4 Å². The fourth-order valence-electron chi connectivity index (χ4n) is 1.23. The monoisotopic (exact) mass is 273 g/mol. The maximum absolute atomic E-state index is 12.5. The van der Waals surface area contributed by atoms with Crippen molar-refractivity contribution in [3.8, 4) is 0 Å². The van der Waals surface area contributed by atoms with Crippen molar-refractivity contribution in [1.29, 1.82) is 0 Å². The second-order valence-electron chi connectivity index (χ2n) is 3.49. The van der Waals surface area contributed by atoms with Crippen LogP contribution in [0.25, 0.3) is 10.9 Å². The van der Waals surface area contributed by atoms with Crippen LogP contribution >= 0.6 is 7.82 Å². The van der Waals surface area contributed by atoms with Gasteiger partial charge in [-0.3, -0.25) is 0 Å². The molecular formula is C11H13FNO4P-2. The van der Waals surface area contributed by atoms with Crippen LogP contribution in [0.15, 0.2) is 30.5 Å². The Kier molecular flexibility index (Phi) is 5.50. The molecule has 5 nitrogen and oxygen atoms in total. The molecule has 7 heteroatoms. The molecule has 0 saturated carbocycles. The molecule has 0 radical (unpaired) electrons. The number of aromatic amines is 1. The van der Waals surface area contributed by atoms with Gasteiger partial charge in [0.2, 0.25) is 0 Å². The van der Waals surface area contributed by atoms with Gasteiger partial charge in [-0.2, -0.15) is 0 Å². The molecule has 0 saturated heterocycles. The Balaban J connectivity index is 0.000000187. The molecule has 1 heterocycles. The van der Waals surface area contributed by atoms with Gasteiger partial charge in [0.15, 0.2) is 0 Å². The van der Waals surface area contributed by atoms with E-state index < -0.39 is 7.82 Å². The van der Waals surface area contributed by atoms with Crippen LogP contribution < -0.4 is 9.79 Å². The first-order chi connectivity index (χ1) is 8.42. The number of nitrogens with one attached hydrogen (secondary N) is 1. The van der Waals surface area contributed by atoms with Crippen LogP contribution in [0.3, 0.4) is 0 Å². The number of phosphoric acid groups is 1. The molecule has 1 N–H and O–H groups in total. The molecule has 18 heavy (non-hydrogen) atoms. The summed E-state index contributed by atoms with van der Waals surface area (Å²) < 4.78 is 26.0. The standard InChI is InChI=1S/C8H6FN.C3H9O4P/c9-7-1-2-8-6(5-7)3-4-10-8;1-2-3-7-8(4,5)6/h1-5,10H;2-3H2,1H3,(H2,4,5,6)/p-2.